The summed E-state index contributed by atoms with van der Waals surface area (Å²) in [4.78, 5) is 25.3. The van der Waals surface area contributed by atoms with Crippen LogP contribution in [0.25, 0.3) is 0 Å². The van der Waals surface area contributed by atoms with E-state index >= 15 is 0 Å². The summed E-state index contributed by atoms with van der Waals surface area (Å²) in [6.45, 7) is 2.30. The molecular weight excluding hydrogens is 338 g/mol. The number of aliphatic carboxylic acids is 1. The van der Waals surface area contributed by atoms with Crippen molar-refractivity contribution in [1.82, 2.24) is 4.90 Å². The highest BCUT2D eigenvalue weighted by atomic mass is 79.9. The Morgan fingerprint density at radius 3 is 2.81 bits per heavy atom. The molecule has 0 spiro atoms. The van der Waals surface area contributed by atoms with Crippen molar-refractivity contribution in [2.75, 3.05) is 13.7 Å². The maximum absolute atomic E-state index is 12.7. The molecule has 0 radical (unpaired) electrons. The Morgan fingerprint density at radius 2 is 2.19 bits per heavy atom. The van der Waals surface area contributed by atoms with Crippen molar-refractivity contribution in [1.29, 1.82) is 0 Å². The Hall–Kier alpha value is -1.40. The summed E-state index contributed by atoms with van der Waals surface area (Å²) in [6.07, 6.45) is 0.394. The lowest BCUT2D eigenvalue weighted by molar-refractivity contribution is -0.137. The van der Waals surface area contributed by atoms with Gasteiger partial charge in [0, 0.05) is 29.7 Å². The summed E-state index contributed by atoms with van der Waals surface area (Å²) in [5, 5.41) is 9.02. The minimum Gasteiger partial charge on any atom is -0.481 e. The van der Waals surface area contributed by atoms with E-state index in [2.05, 4.69) is 15.9 Å². The molecule has 1 N–H and O–H groups in total. The lowest BCUT2D eigenvalue weighted by atomic mass is 10.1. The summed E-state index contributed by atoms with van der Waals surface area (Å²) in [7, 11) is 1.58. The monoisotopic (exact) mass is 355 g/mol. The predicted molar refractivity (Wildman–Crippen MR) is 81.4 cm³/mol. The summed E-state index contributed by atoms with van der Waals surface area (Å²) in [5.74, 6) is -1.04. The molecule has 2 unspecified atom stereocenters. The van der Waals surface area contributed by atoms with Crippen LogP contribution in [0.1, 0.15) is 28.8 Å². The Labute approximate surface area is 132 Å². The Morgan fingerprint density at radius 1 is 1.48 bits per heavy atom. The fourth-order valence-electron chi connectivity index (χ4n) is 2.68. The van der Waals surface area contributed by atoms with Crippen LogP contribution in [0.3, 0.4) is 0 Å². The van der Waals surface area contributed by atoms with E-state index in [4.69, 9.17) is 9.84 Å². The maximum Gasteiger partial charge on any atom is 0.305 e. The predicted octanol–water partition coefficient (Wildman–Crippen LogP) is 2.46. The first kappa shape index (κ1) is 16.0. The number of methoxy groups -OCH3 is 1. The third-order valence-electron chi connectivity index (χ3n) is 3.88. The summed E-state index contributed by atoms with van der Waals surface area (Å²) in [6, 6.07) is 5.13. The summed E-state index contributed by atoms with van der Waals surface area (Å²) in [5.41, 5.74) is 1.45. The third-order valence-corrected chi connectivity index (χ3v) is 4.74. The molecule has 114 valence electrons. The van der Waals surface area contributed by atoms with Crippen LogP contribution < -0.4 is 0 Å². The molecule has 1 fully saturated rings. The fraction of sp³-hybridized carbons (Fsp3) is 0.467. The van der Waals surface area contributed by atoms with E-state index in [-0.39, 0.29) is 24.5 Å². The van der Waals surface area contributed by atoms with Crippen molar-refractivity contribution in [2.45, 2.75) is 31.9 Å². The average molecular weight is 356 g/mol. The van der Waals surface area contributed by atoms with E-state index in [1.807, 2.05) is 13.0 Å². The lowest BCUT2D eigenvalue weighted by Gasteiger charge is -2.24. The Kier molecular flexibility index (Phi) is 5.00. The van der Waals surface area contributed by atoms with Gasteiger partial charge in [0.05, 0.1) is 12.5 Å². The minimum absolute atomic E-state index is 0.0569. The SMILES string of the molecule is COC1CC(CC(=O)O)N(C(=O)c2cccc(Br)c2C)C1. The highest BCUT2D eigenvalue weighted by Crippen LogP contribution is 2.27. The second kappa shape index (κ2) is 6.58. The number of rotatable bonds is 4. The number of carbonyl (C=O) groups excluding carboxylic acids is 1. The van der Waals surface area contributed by atoms with E-state index in [1.54, 1.807) is 24.1 Å². The second-order valence-corrected chi connectivity index (χ2v) is 6.07. The number of carbonyl (C=O) groups is 2. The molecule has 0 bridgehead atoms. The first-order valence-corrected chi connectivity index (χ1v) is 7.54. The number of benzene rings is 1. The molecule has 1 aromatic carbocycles. The smallest absolute Gasteiger partial charge is 0.305 e. The van der Waals surface area contributed by atoms with Gasteiger partial charge in [-0.2, -0.15) is 0 Å². The maximum atomic E-state index is 12.7. The van der Waals surface area contributed by atoms with Crippen molar-refractivity contribution < 1.29 is 19.4 Å². The van der Waals surface area contributed by atoms with Crippen LogP contribution in [0.2, 0.25) is 0 Å². The van der Waals surface area contributed by atoms with Gasteiger partial charge < -0.3 is 14.7 Å². The molecule has 1 aromatic rings. The van der Waals surface area contributed by atoms with Gasteiger partial charge in [0.1, 0.15) is 0 Å². The number of carboxylic acids is 1. The molecule has 0 aromatic heterocycles. The summed E-state index contributed by atoms with van der Waals surface area (Å²) >= 11 is 3.41. The van der Waals surface area contributed by atoms with Gasteiger partial charge in [0.25, 0.3) is 5.91 Å². The molecule has 1 saturated heterocycles. The largest absolute Gasteiger partial charge is 0.481 e. The van der Waals surface area contributed by atoms with Gasteiger partial charge in [0.2, 0.25) is 0 Å². The van der Waals surface area contributed by atoms with Gasteiger partial charge in [0.15, 0.2) is 0 Å². The van der Waals surface area contributed by atoms with Crippen molar-refractivity contribution in [2.24, 2.45) is 0 Å². The standard InChI is InChI=1S/C15H18BrNO4/c1-9-12(4-3-5-13(9)16)15(20)17-8-11(21-2)6-10(17)7-14(18)19/h3-5,10-11H,6-8H2,1-2H3,(H,18,19). The van der Waals surface area contributed by atoms with Crippen molar-refractivity contribution in [3.05, 3.63) is 33.8 Å². The first-order valence-electron chi connectivity index (χ1n) is 6.74. The van der Waals surface area contributed by atoms with Crippen LogP contribution in [0.5, 0.6) is 0 Å². The number of hydrogen-bond donors (Lipinski definition) is 1. The van der Waals surface area contributed by atoms with Gasteiger partial charge in [-0.05, 0) is 31.0 Å². The zero-order chi connectivity index (χ0) is 15.6. The zero-order valence-corrected chi connectivity index (χ0v) is 13.6. The number of amides is 1. The molecule has 21 heavy (non-hydrogen) atoms. The van der Waals surface area contributed by atoms with E-state index in [0.29, 0.717) is 18.5 Å². The first-order chi connectivity index (χ1) is 9.93. The lowest BCUT2D eigenvalue weighted by Crippen LogP contribution is -2.37. The van der Waals surface area contributed by atoms with Gasteiger partial charge in [-0.3, -0.25) is 9.59 Å². The van der Waals surface area contributed by atoms with Crippen LogP contribution >= 0.6 is 15.9 Å². The number of ether oxygens (including phenoxy) is 1. The number of halogens is 1. The van der Waals surface area contributed by atoms with E-state index in [1.165, 1.54) is 0 Å². The summed E-state index contributed by atoms with van der Waals surface area (Å²) < 4.78 is 6.16. The van der Waals surface area contributed by atoms with Crippen molar-refractivity contribution in [3.8, 4) is 0 Å². The molecule has 1 aliphatic heterocycles. The van der Waals surface area contributed by atoms with Crippen LogP contribution in [-0.4, -0.2) is 47.7 Å². The number of nitrogens with zero attached hydrogens (tertiary/aromatic N) is 1. The molecule has 2 atom stereocenters. The Bertz CT molecular complexity index is 561. The van der Waals surface area contributed by atoms with Crippen LogP contribution in [0, 0.1) is 6.92 Å². The molecule has 5 nitrogen and oxygen atoms in total. The van der Waals surface area contributed by atoms with Gasteiger partial charge in [-0.15, -0.1) is 0 Å². The molecule has 1 amide bonds. The van der Waals surface area contributed by atoms with E-state index in [0.717, 1.165) is 10.0 Å². The molecule has 6 heteroatoms. The molecule has 1 heterocycles. The van der Waals surface area contributed by atoms with Crippen molar-refractivity contribution >= 4 is 27.8 Å². The normalized spacial score (nSPS) is 21.6. The van der Waals surface area contributed by atoms with Crippen LogP contribution in [-0.2, 0) is 9.53 Å². The average Bonchev–Trinajstić information content (AvgIpc) is 2.83. The van der Waals surface area contributed by atoms with Crippen LogP contribution in [0.15, 0.2) is 22.7 Å². The van der Waals surface area contributed by atoms with Crippen LogP contribution in [0.4, 0.5) is 0 Å². The number of likely N-dealkylation sites (tertiary alicyclic amines) is 1. The quantitative estimate of drug-likeness (QED) is 0.900. The van der Waals surface area contributed by atoms with E-state index in [9.17, 15) is 9.59 Å². The minimum atomic E-state index is -0.902. The third kappa shape index (κ3) is 3.44. The van der Waals surface area contributed by atoms with Crippen molar-refractivity contribution in [3.63, 3.8) is 0 Å². The molecule has 0 aliphatic carbocycles. The van der Waals surface area contributed by atoms with Gasteiger partial charge in [-0.1, -0.05) is 22.0 Å². The molecule has 0 saturated carbocycles. The number of hydrogen-bond acceptors (Lipinski definition) is 3. The van der Waals surface area contributed by atoms with Gasteiger partial charge in [-0.25, -0.2) is 0 Å². The topological polar surface area (TPSA) is 66.8 Å². The molecule has 2 rings (SSSR count). The second-order valence-electron chi connectivity index (χ2n) is 5.22. The molecule has 1 aliphatic rings. The van der Waals surface area contributed by atoms with E-state index < -0.39 is 5.97 Å². The number of carboxylic acid groups (broad SMARTS) is 1. The zero-order valence-electron chi connectivity index (χ0n) is 12.0. The highest BCUT2D eigenvalue weighted by molar-refractivity contribution is 9.10. The Balaban J connectivity index is 2.27. The fourth-order valence-corrected chi connectivity index (χ4v) is 3.05. The highest BCUT2D eigenvalue weighted by Gasteiger charge is 2.37. The van der Waals surface area contributed by atoms with Gasteiger partial charge >= 0.3 is 5.97 Å². The molecular formula is C15H18BrNO4.